The Labute approximate surface area is 157 Å². The van der Waals surface area contributed by atoms with Crippen LogP contribution < -0.4 is 4.83 Å². The van der Waals surface area contributed by atoms with Crippen molar-refractivity contribution in [3.05, 3.63) is 69.5 Å². The van der Waals surface area contributed by atoms with E-state index in [9.17, 15) is 22.9 Å². The Balaban J connectivity index is 1.91. The molecular weight excluding hydrogens is 391 g/mol. The number of fused-ring (bicyclic) bond motifs is 1. The number of hydrogen-bond donors (Lipinski definition) is 1. The van der Waals surface area contributed by atoms with Gasteiger partial charge in [0, 0.05) is 29.5 Å². The summed E-state index contributed by atoms with van der Waals surface area (Å²) in [4.78, 5) is 11.4. The summed E-state index contributed by atoms with van der Waals surface area (Å²) in [7, 11) is -4.35. The molecule has 0 spiro atoms. The van der Waals surface area contributed by atoms with Crippen molar-refractivity contribution in [2.45, 2.75) is 11.6 Å². The van der Waals surface area contributed by atoms with Crippen LogP contribution in [-0.4, -0.2) is 29.2 Å². The first-order valence-corrected chi connectivity index (χ1v) is 9.09. The molecule has 142 valence electrons. The molecule has 0 amide bonds. The smallest absolute Gasteiger partial charge is 0.258 e. The lowest BCUT2D eigenvalue weighted by Crippen LogP contribution is -2.20. The first-order valence-electron chi connectivity index (χ1n) is 7.61. The SMILES string of the molecule is N#Cc1ccn2ncc(C=NNS(=O)(=O)c3cc([N+](=O)[O-])ccc3CF)c2c1. The molecule has 1 aromatic carbocycles. The fourth-order valence-electron chi connectivity index (χ4n) is 2.40. The third-order valence-corrected chi connectivity index (χ3v) is 5.06. The zero-order valence-electron chi connectivity index (χ0n) is 14.0. The van der Waals surface area contributed by atoms with Crippen LogP contribution in [0.25, 0.3) is 5.52 Å². The van der Waals surface area contributed by atoms with Gasteiger partial charge in [0.1, 0.15) is 11.6 Å². The third-order valence-electron chi connectivity index (χ3n) is 3.75. The average Bonchev–Trinajstić information content (AvgIpc) is 3.09. The van der Waals surface area contributed by atoms with Crippen LogP contribution in [-0.2, 0) is 16.7 Å². The van der Waals surface area contributed by atoms with Crippen molar-refractivity contribution >= 4 is 27.4 Å². The number of nitro groups is 1. The number of alkyl halides is 1. The number of non-ortho nitro benzene ring substituents is 1. The minimum absolute atomic E-state index is 0.233. The number of nitrogens with zero attached hydrogens (tertiary/aromatic N) is 5. The highest BCUT2D eigenvalue weighted by molar-refractivity contribution is 7.89. The molecule has 0 bridgehead atoms. The molecule has 2 heterocycles. The fraction of sp³-hybridized carbons (Fsp3) is 0.0625. The molecule has 28 heavy (non-hydrogen) atoms. The molecule has 1 N–H and O–H groups in total. The van der Waals surface area contributed by atoms with Gasteiger partial charge in [-0.2, -0.15) is 23.9 Å². The monoisotopic (exact) mass is 402 g/mol. The van der Waals surface area contributed by atoms with Crippen molar-refractivity contribution in [2.75, 3.05) is 0 Å². The minimum atomic E-state index is -4.35. The maximum atomic E-state index is 13.1. The molecular formula is C16H11FN6O4S. The van der Waals surface area contributed by atoms with Crippen molar-refractivity contribution in [1.29, 1.82) is 5.26 Å². The predicted molar refractivity (Wildman–Crippen MR) is 95.7 cm³/mol. The average molecular weight is 402 g/mol. The van der Waals surface area contributed by atoms with Gasteiger partial charge < -0.3 is 0 Å². The molecule has 0 aliphatic carbocycles. The summed E-state index contributed by atoms with van der Waals surface area (Å²) in [5.41, 5.74) is 0.593. The largest absolute Gasteiger partial charge is 0.277 e. The van der Waals surface area contributed by atoms with Crippen LogP contribution in [0.2, 0.25) is 0 Å². The standard InChI is InChI=1S/C16H11FN6O4S/c17-7-12-1-2-14(23(24)25)6-16(12)28(26,27)21-19-9-13-10-20-22-4-3-11(8-18)5-15(13)22/h1-6,9-10,21H,7H2. The van der Waals surface area contributed by atoms with Crippen LogP contribution in [0.1, 0.15) is 16.7 Å². The van der Waals surface area contributed by atoms with E-state index in [-0.39, 0.29) is 5.56 Å². The van der Waals surface area contributed by atoms with E-state index in [0.717, 1.165) is 24.4 Å². The zero-order chi connectivity index (χ0) is 20.3. The summed E-state index contributed by atoms with van der Waals surface area (Å²) in [6.07, 6.45) is 4.13. The summed E-state index contributed by atoms with van der Waals surface area (Å²) < 4.78 is 39.4. The number of rotatable bonds is 6. The number of nitrogens with one attached hydrogen (secondary N) is 1. The Morgan fingerprint density at radius 2 is 2.18 bits per heavy atom. The summed E-state index contributed by atoms with van der Waals surface area (Å²) in [6.45, 7) is -1.12. The van der Waals surface area contributed by atoms with Gasteiger partial charge in [-0.1, -0.05) is 0 Å². The molecule has 10 nitrogen and oxygen atoms in total. The van der Waals surface area contributed by atoms with E-state index in [1.807, 2.05) is 10.9 Å². The van der Waals surface area contributed by atoms with E-state index < -0.39 is 32.2 Å². The van der Waals surface area contributed by atoms with E-state index in [0.29, 0.717) is 16.6 Å². The van der Waals surface area contributed by atoms with Gasteiger partial charge in [0.15, 0.2) is 0 Å². The molecule has 0 atom stereocenters. The van der Waals surface area contributed by atoms with Crippen molar-refractivity contribution in [3.8, 4) is 6.07 Å². The lowest BCUT2D eigenvalue weighted by Gasteiger charge is -2.07. The molecule has 0 saturated carbocycles. The quantitative estimate of drug-likeness (QED) is 0.379. The van der Waals surface area contributed by atoms with E-state index in [1.54, 1.807) is 18.3 Å². The highest BCUT2D eigenvalue weighted by atomic mass is 32.2. The molecule has 0 aliphatic heterocycles. The van der Waals surface area contributed by atoms with Crippen LogP contribution in [0.3, 0.4) is 0 Å². The molecule has 0 saturated heterocycles. The lowest BCUT2D eigenvalue weighted by molar-refractivity contribution is -0.385. The number of hydrazone groups is 1. The van der Waals surface area contributed by atoms with Crippen molar-refractivity contribution in [2.24, 2.45) is 5.10 Å². The lowest BCUT2D eigenvalue weighted by atomic mass is 10.2. The van der Waals surface area contributed by atoms with Crippen LogP contribution in [0, 0.1) is 21.4 Å². The van der Waals surface area contributed by atoms with E-state index in [2.05, 4.69) is 10.2 Å². The number of sulfonamides is 1. The van der Waals surface area contributed by atoms with Crippen molar-refractivity contribution < 1.29 is 17.7 Å². The first kappa shape index (κ1) is 18.9. The summed E-state index contributed by atoms with van der Waals surface area (Å²) in [5, 5.41) is 27.5. The van der Waals surface area contributed by atoms with E-state index >= 15 is 0 Å². The van der Waals surface area contributed by atoms with Gasteiger partial charge >= 0.3 is 0 Å². The highest BCUT2D eigenvalue weighted by Crippen LogP contribution is 2.23. The van der Waals surface area contributed by atoms with Crippen molar-refractivity contribution in [1.82, 2.24) is 14.4 Å². The number of hydrogen-bond acceptors (Lipinski definition) is 7. The molecule has 12 heteroatoms. The Kier molecular flexibility index (Phi) is 5.01. The maximum Gasteiger partial charge on any atom is 0.277 e. The van der Waals surface area contributed by atoms with E-state index in [1.165, 1.54) is 10.7 Å². The van der Waals surface area contributed by atoms with Crippen LogP contribution in [0.15, 0.2) is 52.7 Å². The molecule has 3 aromatic rings. The molecule has 3 rings (SSSR count). The molecule has 0 radical (unpaired) electrons. The maximum absolute atomic E-state index is 13.1. The van der Waals surface area contributed by atoms with Crippen LogP contribution >= 0.6 is 0 Å². The van der Waals surface area contributed by atoms with Gasteiger partial charge in [-0.25, -0.2) is 13.7 Å². The number of aromatic nitrogens is 2. The predicted octanol–water partition coefficient (Wildman–Crippen LogP) is 1.90. The van der Waals surface area contributed by atoms with Gasteiger partial charge in [0.25, 0.3) is 15.7 Å². The van der Waals surface area contributed by atoms with Gasteiger partial charge in [0.2, 0.25) is 0 Å². The third kappa shape index (κ3) is 3.64. The summed E-state index contributed by atoms with van der Waals surface area (Å²) >= 11 is 0. The minimum Gasteiger partial charge on any atom is -0.258 e. The molecule has 0 unspecified atom stereocenters. The highest BCUT2D eigenvalue weighted by Gasteiger charge is 2.21. The Bertz CT molecular complexity index is 1250. The molecule has 0 aliphatic rings. The number of pyridine rings is 1. The molecule has 0 fully saturated rings. The number of nitriles is 1. The Morgan fingerprint density at radius 1 is 1.39 bits per heavy atom. The van der Waals surface area contributed by atoms with Gasteiger partial charge in [-0.05, 0) is 18.2 Å². The van der Waals surface area contributed by atoms with Crippen molar-refractivity contribution in [3.63, 3.8) is 0 Å². The Hall–Kier alpha value is -3.85. The zero-order valence-corrected chi connectivity index (χ0v) is 14.8. The normalized spacial score (nSPS) is 11.6. The number of halogens is 1. The van der Waals surface area contributed by atoms with Gasteiger partial charge in [-0.3, -0.25) is 10.1 Å². The summed E-state index contributed by atoms with van der Waals surface area (Å²) in [6, 6.07) is 7.90. The second kappa shape index (κ2) is 7.41. The second-order valence-corrected chi connectivity index (χ2v) is 7.12. The van der Waals surface area contributed by atoms with Crippen LogP contribution in [0.5, 0.6) is 0 Å². The molecule has 2 aromatic heterocycles. The first-order chi connectivity index (χ1) is 13.4. The Morgan fingerprint density at radius 3 is 2.86 bits per heavy atom. The topological polar surface area (TPSA) is 143 Å². The van der Waals surface area contributed by atoms with Gasteiger partial charge in [0.05, 0.1) is 34.5 Å². The fourth-order valence-corrected chi connectivity index (χ4v) is 3.43. The van der Waals surface area contributed by atoms with E-state index in [4.69, 9.17) is 5.26 Å². The second-order valence-electron chi connectivity index (χ2n) is 5.49. The summed E-state index contributed by atoms with van der Waals surface area (Å²) in [5.74, 6) is 0. The van der Waals surface area contributed by atoms with Gasteiger partial charge in [-0.15, -0.1) is 0 Å². The number of nitro benzene ring substituents is 1. The number of benzene rings is 1. The van der Waals surface area contributed by atoms with Crippen LogP contribution in [0.4, 0.5) is 10.1 Å².